The molecule has 2 aromatic rings. The Balaban J connectivity index is 1.43. The Morgan fingerprint density at radius 3 is 2.77 bits per heavy atom. The number of ether oxygens (including phenoxy) is 2. The Morgan fingerprint density at radius 1 is 1.23 bits per heavy atom. The zero-order chi connectivity index (χ0) is 18.1. The minimum atomic E-state index is -0.773. The molecule has 2 aliphatic rings. The average Bonchev–Trinajstić information content (AvgIpc) is 3.30. The molecule has 0 radical (unpaired) electrons. The van der Waals surface area contributed by atoms with Gasteiger partial charge in [0.2, 0.25) is 6.79 Å². The first-order valence-corrected chi connectivity index (χ1v) is 9.29. The Labute approximate surface area is 154 Å². The van der Waals surface area contributed by atoms with Gasteiger partial charge in [0, 0.05) is 25.1 Å². The topological polar surface area (TPSA) is 89.0 Å². The van der Waals surface area contributed by atoms with Gasteiger partial charge >= 0.3 is 5.97 Å². The number of carbonyl (C=O) groups excluding carboxylic acids is 1. The first kappa shape index (κ1) is 16.8. The lowest BCUT2D eigenvalue weighted by atomic mass is 9.93. The third-order valence-electron chi connectivity index (χ3n) is 4.70. The van der Waals surface area contributed by atoms with Crippen molar-refractivity contribution >= 4 is 23.2 Å². The second-order valence-corrected chi connectivity index (χ2v) is 7.46. The lowest BCUT2D eigenvalue weighted by molar-refractivity contribution is -0.138. The van der Waals surface area contributed by atoms with Crippen LogP contribution in [0, 0.1) is 5.92 Å². The summed E-state index contributed by atoms with van der Waals surface area (Å²) in [5.41, 5.74) is 0.887. The molecule has 0 unspecified atom stereocenters. The molecule has 0 spiro atoms. The van der Waals surface area contributed by atoms with Crippen LogP contribution in [0.1, 0.15) is 28.9 Å². The van der Waals surface area contributed by atoms with Crippen molar-refractivity contribution in [2.45, 2.75) is 19.3 Å². The smallest absolute Gasteiger partial charge is 0.303 e. The number of thiazole rings is 1. The van der Waals surface area contributed by atoms with Crippen LogP contribution in [0.15, 0.2) is 24.4 Å². The number of carboxylic acid groups (broad SMARTS) is 1. The summed E-state index contributed by atoms with van der Waals surface area (Å²) in [4.78, 5) is 30.3. The normalized spacial score (nSPS) is 16.7. The lowest BCUT2D eigenvalue weighted by Crippen LogP contribution is -2.38. The van der Waals surface area contributed by atoms with E-state index in [1.165, 1.54) is 11.3 Å². The van der Waals surface area contributed by atoms with Crippen LogP contribution < -0.4 is 9.47 Å². The predicted octanol–water partition coefficient (Wildman–Crippen LogP) is 2.87. The van der Waals surface area contributed by atoms with Crippen LogP contribution in [0.2, 0.25) is 0 Å². The minimum absolute atomic E-state index is 0.0386. The summed E-state index contributed by atoms with van der Waals surface area (Å²) >= 11 is 1.35. The fourth-order valence-electron chi connectivity index (χ4n) is 3.28. The van der Waals surface area contributed by atoms with Crippen LogP contribution in [0.4, 0.5) is 0 Å². The first-order chi connectivity index (χ1) is 12.6. The minimum Gasteiger partial charge on any atom is -0.481 e. The van der Waals surface area contributed by atoms with Gasteiger partial charge in [0.1, 0.15) is 9.88 Å². The number of rotatable bonds is 4. The maximum absolute atomic E-state index is 12.7. The molecule has 0 atom stereocenters. The molecule has 8 heteroatoms. The lowest BCUT2D eigenvalue weighted by Gasteiger charge is -2.30. The molecule has 0 aliphatic carbocycles. The van der Waals surface area contributed by atoms with Gasteiger partial charge in [-0.05, 0) is 37.0 Å². The van der Waals surface area contributed by atoms with Crippen molar-refractivity contribution in [1.82, 2.24) is 9.88 Å². The third kappa shape index (κ3) is 3.37. The largest absolute Gasteiger partial charge is 0.481 e. The van der Waals surface area contributed by atoms with Gasteiger partial charge in [-0.25, -0.2) is 4.98 Å². The van der Waals surface area contributed by atoms with Crippen molar-refractivity contribution in [3.63, 3.8) is 0 Å². The molecule has 1 amide bonds. The van der Waals surface area contributed by atoms with E-state index in [4.69, 9.17) is 14.6 Å². The number of aliphatic carboxylic acids is 1. The molecular weight excluding hydrogens is 356 g/mol. The van der Waals surface area contributed by atoms with Gasteiger partial charge in [-0.15, -0.1) is 11.3 Å². The summed E-state index contributed by atoms with van der Waals surface area (Å²) < 4.78 is 10.7. The van der Waals surface area contributed by atoms with Crippen molar-refractivity contribution in [3.8, 4) is 22.1 Å². The second kappa shape index (κ2) is 6.95. The summed E-state index contributed by atoms with van der Waals surface area (Å²) in [5.74, 6) is 0.744. The average molecular weight is 374 g/mol. The maximum atomic E-state index is 12.7. The Bertz CT molecular complexity index is 842. The molecule has 1 saturated heterocycles. The highest BCUT2D eigenvalue weighted by atomic mass is 32.1. The van der Waals surface area contributed by atoms with E-state index in [1.807, 2.05) is 18.2 Å². The van der Waals surface area contributed by atoms with Crippen LogP contribution in [0.25, 0.3) is 10.6 Å². The van der Waals surface area contributed by atoms with Crippen molar-refractivity contribution < 1.29 is 24.2 Å². The van der Waals surface area contributed by atoms with Gasteiger partial charge < -0.3 is 19.5 Å². The van der Waals surface area contributed by atoms with Crippen LogP contribution in [0.5, 0.6) is 11.5 Å². The number of hydrogen-bond acceptors (Lipinski definition) is 6. The number of aromatic nitrogens is 1. The summed E-state index contributed by atoms with van der Waals surface area (Å²) in [6.45, 7) is 1.40. The SMILES string of the molecule is O=C(O)CC1CCN(C(=O)c2cnc(-c3ccc4c(c3)OCO4)s2)CC1. The summed E-state index contributed by atoms with van der Waals surface area (Å²) in [6, 6.07) is 5.61. The number of carbonyl (C=O) groups is 2. The van der Waals surface area contributed by atoms with Crippen LogP contribution in [0.3, 0.4) is 0 Å². The summed E-state index contributed by atoms with van der Waals surface area (Å²) in [6.07, 6.45) is 3.24. The number of piperidine rings is 1. The van der Waals surface area contributed by atoms with Crippen molar-refractivity contribution in [3.05, 3.63) is 29.3 Å². The first-order valence-electron chi connectivity index (χ1n) is 8.47. The highest BCUT2D eigenvalue weighted by molar-refractivity contribution is 7.16. The summed E-state index contributed by atoms with van der Waals surface area (Å²) in [7, 11) is 0. The number of hydrogen-bond donors (Lipinski definition) is 1. The van der Waals surface area contributed by atoms with E-state index in [9.17, 15) is 9.59 Å². The zero-order valence-electron chi connectivity index (χ0n) is 14.0. The molecule has 1 aromatic heterocycles. The summed E-state index contributed by atoms with van der Waals surface area (Å²) in [5, 5.41) is 9.64. The number of amides is 1. The van der Waals surface area contributed by atoms with E-state index in [1.54, 1.807) is 11.1 Å². The number of likely N-dealkylation sites (tertiary alicyclic amines) is 1. The molecule has 1 N–H and O–H groups in total. The zero-order valence-corrected chi connectivity index (χ0v) is 14.8. The van der Waals surface area contributed by atoms with Crippen molar-refractivity contribution in [2.75, 3.05) is 19.9 Å². The van der Waals surface area contributed by atoms with Crippen molar-refractivity contribution in [2.24, 2.45) is 5.92 Å². The predicted molar refractivity (Wildman–Crippen MR) is 94.6 cm³/mol. The quantitative estimate of drug-likeness (QED) is 0.885. The van der Waals surface area contributed by atoms with Gasteiger partial charge in [-0.3, -0.25) is 9.59 Å². The fourth-order valence-corrected chi connectivity index (χ4v) is 4.16. The van der Waals surface area contributed by atoms with E-state index < -0.39 is 5.97 Å². The molecule has 26 heavy (non-hydrogen) atoms. The highest BCUT2D eigenvalue weighted by Crippen LogP contribution is 2.37. The molecular formula is C18H18N2O5S. The van der Waals surface area contributed by atoms with Crippen LogP contribution in [-0.4, -0.2) is 46.7 Å². The molecule has 3 heterocycles. The molecule has 0 saturated carbocycles. The van der Waals surface area contributed by atoms with Crippen LogP contribution >= 0.6 is 11.3 Å². The molecule has 7 nitrogen and oxygen atoms in total. The van der Waals surface area contributed by atoms with Crippen molar-refractivity contribution in [1.29, 1.82) is 0 Å². The Hall–Kier alpha value is -2.61. The van der Waals surface area contributed by atoms with E-state index in [-0.39, 0.29) is 25.0 Å². The van der Waals surface area contributed by atoms with Gasteiger partial charge in [0.15, 0.2) is 11.5 Å². The molecule has 0 bridgehead atoms. The number of fused-ring (bicyclic) bond motifs is 1. The number of nitrogens with zero attached hydrogens (tertiary/aromatic N) is 2. The fraction of sp³-hybridized carbons (Fsp3) is 0.389. The van der Waals surface area contributed by atoms with Gasteiger partial charge in [0.05, 0.1) is 6.20 Å². The van der Waals surface area contributed by atoms with E-state index in [0.717, 1.165) is 23.4 Å². The Kier molecular flexibility index (Phi) is 4.50. The monoisotopic (exact) mass is 374 g/mol. The van der Waals surface area contributed by atoms with E-state index >= 15 is 0 Å². The Morgan fingerprint density at radius 2 is 2.00 bits per heavy atom. The van der Waals surface area contributed by atoms with E-state index in [2.05, 4.69) is 4.98 Å². The molecule has 136 valence electrons. The van der Waals surface area contributed by atoms with Gasteiger partial charge in [-0.1, -0.05) is 0 Å². The number of benzene rings is 1. The maximum Gasteiger partial charge on any atom is 0.303 e. The second-order valence-electron chi connectivity index (χ2n) is 6.43. The van der Waals surface area contributed by atoms with E-state index in [0.29, 0.717) is 29.5 Å². The standard InChI is InChI=1S/C18H18N2O5S/c21-16(22)7-11-3-5-20(6-4-11)18(23)15-9-19-17(26-15)12-1-2-13-14(8-12)25-10-24-13/h1-2,8-9,11H,3-7,10H2,(H,21,22). The molecule has 2 aliphatic heterocycles. The van der Waals surface area contributed by atoms with Crippen LogP contribution in [-0.2, 0) is 4.79 Å². The molecule has 1 aromatic carbocycles. The third-order valence-corrected chi connectivity index (χ3v) is 5.74. The molecule has 1 fully saturated rings. The number of carboxylic acids is 1. The highest BCUT2D eigenvalue weighted by Gasteiger charge is 2.26. The van der Waals surface area contributed by atoms with Gasteiger partial charge in [-0.2, -0.15) is 0 Å². The molecule has 4 rings (SSSR count). The van der Waals surface area contributed by atoms with Gasteiger partial charge in [0.25, 0.3) is 5.91 Å².